The lowest BCUT2D eigenvalue weighted by atomic mass is 10.2. The normalized spacial score (nSPS) is 12.1. The minimum Gasteiger partial charge on any atom is -0.394 e. The van der Waals surface area contributed by atoms with Gasteiger partial charge in [-0.15, -0.1) is 0 Å². The van der Waals surface area contributed by atoms with Crippen molar-refractivity contribution in [2.75, 3.05) is 26.0 Å². The standard InChI is InChI=1S/C14H19N5O2/c1-21-11(8-20)4-6-19-7-10(3-2-5-15)12-13(16)17-9-18-14(12)19/h7,9,11,20H,4-6,8,15H2,1H3,(H2,16,17,18). The number of rotatable bonds is 5. The molecule has 112 valence electrons. The fraction of sp³-hybridized carbons (Fsp3) is 0.429. The molecule has 0 amide bonds. The Hall–Kier alpha value is -2.14. The highest BCUT2D eigenvalue weighted by Crippen LogP contribution is 2.23. The molecule has 5 N–H and O–H groups in total. The molecule has 0 bridgehead atoms. The molecule has 0 radical (unpaired) electrons. The van der Waals surface area contributed by atoms with E-state index in [1.807, 2.05) is 10.8 Å². The van der Waals surface area contributed by atoms with Crippen LogP contribution >= 0.6 is 0 Å². The van der Waals surface area contributed by atoms with E-state index in [2.05, 4.69) is 21.8 Å². The molecule has 7 nitrogen and oxygen atoms in total. The topological polar surface area (TPSA) is 112 Å². The summed E-state index contributed by atoms with van der Waals surface area (Å²) in [4.78, 5) is 8.28. The zero-order valence-corrected chi connectivity index (χ0v) is 11.9. The molecule has 0 fully saturated rings. The minimum absolute atomic E-state index is 0.0212. The molecule has 0 saturated carbocycles. The zero-order chi connectivity index (χ0) is 15.2. The van der Waals surface area contributed by atoms with Crippen molar-refractivity contribution < 1.29 is 9.84 Å². The summed E-state index contributed by atoms with van der Waals surface area (Å²) in [6.45, 7) is 0.888. The number of fused-ring (bicyclic) bond motifs is 1. The summed E-state index contributed by atoms with van der Waals surface area (Å²) in [5.74, 6) is 6.19. The summed E-state index contributed by atoms with van der Waals surface area (Å²) in [5.41, 5.74) is 12.8. The van der Waals surface area contributed by atoms with Crippen LogP contribution in [0.1, 0.15) is 12.0 Å². The molecular weight excluding hydrogens is 270 g/mol. The molecule has 0 aliphatic rings. The second kappa shape index (κ2) is 7.04. The highest BCUT2D eigenvalue weighted by Gasteiger charge is 2.13. The van der Waals surface area contributed by atoms with E-state index in [9.17, 15) is 0 Å². The van der Waals surface area contributed by atoms with Crippen LogP contribution in [-0.4, -0.2) is 46.0 Å². The smallest absolute Gasteiger partial charge is 0.146 e. The van der Waals surface area contributed by atoms with E-state index in [1.165, 1.54) is 6.33 Å². The molecule has 21 heavy (non-hydrogen) atoms. The summed E-state index contributed by atoms with van der Waals surface area (Å²) in [5, 5.41) is 9.90. The lowest BCUT2D eigenvalue weighted by Crippen LogP contribution is -2.18. The quantitative estimate of drug-likeness (QED) is 0.653. The van der Waals surface area contributed by atoms with Gasteiger partial charge >= 0.3 is 0 Å². The Morgan fingerprint density at radius 2 is 2.29 bits per heavy atom. The van der Waals surface area contributed by atoms with Crippen molar-refractivity contribution in [3.63, 3.8) is 0 Å². The summed E-state index contributed by atoms with van der Waals surface area (Å²) >= 11 is 0. The van der Waals surface area contributed by atoms with Gasteiger partial charge in [-0.2, -0.15) is 0 Å². The average Bonchev–Trinajstić information content (AvgIpc) is 2.86. The van der Waals surface area contributed by atoms with Crippen LogP contribution < -0.4 is 11.5 Å². The molecule has 0 spiro atoms. The monoisotopic (exact) mass is 289 g/mol. The van der Waals surface area contributed by atoms with Gasteiger partial charge in [-0.1, -0.05) is 11.8 Å². The largest absolute Gasteiger partial charge is 0.394 e. The number of anilines is 1. The molecule has 0 saturated heterocycles. The fourth-order valence-corrected chi connectivity index (χ4v) is 2.13. The predicted octanol–water partition coefficient (Wildman–Crippen LogP) is -0.279. The van der Waals surface area contributed by atoms with E-state index in [0.29, 0.717) is 18.8 Å². The van der Waals surface area contributed by atoms with Gasteiger partial charge in [0.2, 0.25) is 0 Å². The third-order valence-corrected chi connectivity index (χ3v) is 3.24. The maximum Gasteiger partial charge on any atom is 0.146 e. The van der Waals surface area contributed by atoms with Crippen LogP contribution in [0.4, 0.5) is 5.82 Å². The van der Waals surface area contributed by atoms with Gasteiger partial charge in [-0.25, -0.2) is 9.97 Å². The predicted molar refractivity (Wildman–Crippen MR) is 80.4 cm³/mol. The van der Waals surface area contributed by atoms with Gasteiger partial charge in [0.1, 0.15) is 17.8 Å². The first-order valence-electron chi connectivity index (χ1n) is 6.63. The molecule has 2 rings (SSSR count). The highest BCUT2D eigenvalue weighted by molar-refractivity contribution is 5.92. The number of hydrogen-bond donors (Lipinski definition) is 3. The first-order chi connectivity index (χ1) is 10.2. The highest BCUT2D eigenvalue weighted by atomic mass is 16.5. The van der Waals surface area contributed by atoms with Gasteiger partial charge in [-0.3, -0.25) is 0 Å². The van der Waals surface area contributed by atoms with Crippen molar-refractivity contribution in [1.29, 1.82) is 0 Å². The maximum absolute atomic E-state index is 9.17. The molecule has 1 atom stereocenters. The minimum atomic E-state index is -0.208. The molecule has 0 aromatic carbocycles. The average molecular weight is 289 g/mol. The Balaban J connectivity index is 2.38. The van der Waals surface area contributed by atoms with Gasteiger partial charge in [0, 0.05) is 19.9 Å². The van der Waals surface area contributed by atoms with E-state index in [1.54, 1.807) is 7.11 Å². The van der Waals surface area contributed by atoms with E-state index < -0.39 is 0 Å². The number of nitrogen functional groups attached to an aromatic ring is 1. The van der Waals surface area contributed by atoms with Gasteiger partial charge in [-0.05, 0) is 6.42 Å². The van der Waals surface area contributed by atoms with Crippen molar-refractivity contribution in [1.82, 2.24) is 14.5 Å². The molecule has 2 heterocycles. The molecule has 2 aromatic rings. The lowest BCUT2D eigenvalue weighted by molar-refractivity contribution is 0.0405. The zero-order valence-electron chi connectivity index (χ0n) is 11.9. The fourth-order valence-electron chi connectivity index (χ4n) is 2.13. The van der Waals surface area contributed by atoms with Crippen molar-refractivity contribution >= 4 is 16.9 Å². The van der Waals surface area contributed by atoms with Crippen molar-refractivity contribution in [3.8, 4) is 11.8 Å². The van der Waals surface area contributed by atoms with Crippen molar-refractivity contribution in [3.05, 3.63) is 18.1 Å². The Morgan fingerprint density at radius 1 is 1.48 bits per heavy atom. The Kier molecular flexibility index (Phi) is 5.11. The molecule has 1 unspecified atom stereocenters. The number of aryl methyl sites for hydroxylation is 1. The lowest BCUT2D eigenvalue weighted by Gasteiger charge is -2.12. The Bertz CT molecular complexity index is 667. The van der Waals surface area contributed by atoms with Crippen LogP contribution in [0.5, 0.6) is 0 Å². The van der Waals surface area contributed by atoms with E-state index in [-0.39, 0.29) is 19.3 Å². The molecular formula is C14H19N5O2. The van der Waals surface area contributed by atoms with Crippen LogP contribution in [0.3, 0.4) is 0 Å². The molecule has 0 aliphatic carbocycles. The number of nitrogens with zero attached hydrogens (tertiary/aromatic N) is 3. The maximum atomic E-state index is 9.17. The Morgan fingerprint density at radius 3 is 2.95 bits per heavy atom. The third kappa shape index (κ3) is 3.31. The molecule has 7 heteroatoms. The van der Waals surface area contributed by atoms with Crippen LogP contribution in [-0.2, 0) is 11.3 Å². The van der Waals surface area contributed by atoms with Crippen LogP contribution in [0.2, 0.25) is 0 Å². The summed E-state index contributed by atoms with van der Waals surface area (Å²) in [6.07, 6.45) is 3.75. The summed E-state index contributed by atoms with van der Waals surface area (Å²) in [6, 6.07) is 0. The second-order valence-electron chi connectivity index (χ2n) is 4.53. The summed E-state index contributed by atoms with van der Waals surface area (Å²) < 4.78 is 7.10. The number of nitrogens with two attached hydrogens (primary N) is 2. The molecule has 0 aliphatic heterocycles. The van der Waals surface area contributed by atoms with E-state index >= 15 is 0 Å². The van der Waals surface area contributed by atoms with Gasteiger partial charge in [0.15, 0.2) is 0 Å². The number of aliphatic hydroxyl groups is 1. The number of aromatic nitrogens is 3. The number of hydrogen-bond acceptors (Lipinski definition) is 6. The molecule has 2 aromatic heterocycles. The van der Waals surface area contributed by atoms with Crippen LogP contribution in [0.25, 0.3) is 11.0 Å². The van der Waals surface area contributed by atoms with Crippen molar-refractivity contribution in [2.24, 2.45) is 5.73 Å². The van der Waals surface area contributed by atoms with Crippen molar-refractivity contribution in [2.45, 2.75) is 19.1 Å². The van der Waals surface area contributed by atoms with Gasteiger partial charge < -0.3 is 25.9 Å². The van der Waals surface area contributed by atoms with Gasteiger partial charge in [0.05, 0.1) is 30.2 Å². The second-order valence-corrected chi connectivity index (χ2v) is 4.53. The first kappa shape index (κ1) is 15.3. The van der Waals surface area contributed by atoms with E-state index in [4.69, 9.17) is 21.3 Å². The SMILES string of the molecule is COC(CO)CCn1cc(C#CCN)c2c(N)ncnc21. The third-order valence-electron chi connectivity index (χ3n) is 3.24. The number of methoxy groups -OCH3 is 1. The van der Waals surface area contributed by atoms with E-state index in [0.717, 1.165) is 16.6 Å². The first-order valence-corrected chi connectivity index (χ1v) is 6.63. The van der Waals surface area contributed by atoms with Crippen LogP contribution in [0, 0.1) is 11.8 Å². The Labute approximate surface area is 122 Å². The van der Waals surface area contributed by atoms with Gasteiger partial charge in [0.25, 0.3) is 0 Å². The number of ether oxygens (including phenoxy) is 1. The van der Waals surface area contributed by atoms with Crippen LogP contribution in [0.15, 0.2) is 12.5 Å². The number of aliphatic hydroxyl groups excluding tert-OH is 1. The summed E-state index contributed by atoms with van der Waals surface area (Å²) in [7, 11) is 1.58.